The Kier molecular flexibility index (Phi) is 10.1. The van der Waals surface area contributed by atoms with Crippen molar-refractivity contribution in [1.29, 1.82) is 0 Å². The Labute approximate surface area is 144 Å². The molecule has 1 fully saturated rings. The van der Waals surface area contributed by atoms with Crippen LogP contribution in [0.2, 0.25) is 0 Å². The van der Waals surface area contributed by atoms with Gasteiger partial charge in [-0.15, -0.1) is 0 Å². The maximum Gasteiger partial charge on any atom is 0.243 e. The van der Waals surface area contributed by atoms with Crippen LogP contribution in [0.3, 0.4) is 0 Å². The first-order chi connectivity index (χ1) is 11.6. The molecule has 1 aliphatic heterocycles. The van der Waals surface area contributed by atoms with Gasteiger partial charge in [-0.2, -0.15) is 0 Å². The molecule has 0 aromatic rings. The van der Waals surface area contributed by atoms with E-state index in [9.17, 15) is 9.59 Å². The van der Waals surface area contributed by atoms with Gasteiger partial charge in [0.2, 0.25) is 11.8 Å². The highest BCUT2D eigenvalue weighted by Crippen LogP contribution is 2.19. The lowest BCUT2D eigenvalue weighted by Gasteiger charge is -2.23. The number of oxime groups is 1. The fourth-order valence-corrected chi connectivity index (χ4v) is 2.89. The van der Waals surface area contributed by atoms with Crippen molar-refractivity contribution in [3.05, 3.63) is 0 Å². The molecule has 2 amide bonds. The van der Waals surface area contributed by atoms with Crippen LogP contribution in [-0.4, -0.2) is 60.4 Å². The highest BCUT2D eigenvalue weighted by atomic mass is 16.6. The normalized spacial score (nSPS) is 18.9. The molecule has 0 radical (unpaired) electrons. The molecule has 7 heteroatoms. The molecule has 7 nitrogen and oxygen atoms in total. The van der Waals surface area contributed by atoms with Gasteiger partial charge in [-0.3, -0.25) is 9.59 Å². The molecule has 0 unspecified atom stereocenters. The number of nitrogens with zero attached hydrogens (tertiary/aromatic N) is 2. The van der Waals surface area contributed by atoms with E-state index >= 15 is 0 Å². The summed E-state index contributed by atoms with van der Waals surface area (Å²) in [5, 5.41) is 15.4. The third-order valence-corrected chi connectivity index (χ3v) is 4.16. The van der Waals surface area contributed by atoms with Crippen LogP contribution < -0.4 is 5.32 Å². The van der Waals surface area contributed by atoms with E-state index in [-0.39, 0.29) is 25.0 Å². The van der Waals surface area contributed by atoms with Gasteiger partial charge in [-0.1, -0.05) is 44.2 Å². The first-order valence-electron chi connectivity index (χ1n) is 8.91. The number of likely N-dealkylation sites (tertiary alicyclic amines) is 1. The topological polar surface area (TPSA) is 91.2 Å². The summed E-state index contributed by atoms with van der Waals surface area (Å²) in [5.74, 6) is -0.266. The van der Waals surface area contributed by atoms with Crippen molar-refractivity contribution in [1.82, 2.24) is 10.2 Å². The number of aliphatic hydroxyl groups excluding tert-OH is 1. The van der Waals surface area contributed by atoms with Gasteiger partial charge in [0.15, 0.2) is 0 Å². The molecule has 1 rings (SSSR count). The highest BCUT2D eigenvalue weighted by Gasteiger charge is 2.37. The van der Waals surface area contributed by atoms with E-state index < -0.39 is 6.04 Å². The van der Waals surface area contributed by atoms with Crippen LogP contribution in [0.5, 0.6) is 0 Å². The summed E-state index contributed by atoms with van der Waals surface area (Å²) in [5.41, 5.74) is 0.693. The zero-order valence-electron chi connectivity index (χ0n) is 14.9. The molecule has 2 N–H and O–H groups in total. The lowest BCUT2D eigenvalue weighted by atomic mass is 10.1. The molecule has 0 spiro atoms. The Balaban J connectivity index is 2.51. The number of aliphatic hydroxyl groups is 1. The first-order valence-corrected chi connectivity index (χ1v) is 8.91. The lowest BCUT2D eigenvalue weighted by Crippen LogP contribution is -2.46. The summed E-state index contributed by atoms with van der Waals surface area (Å²) in [6.07, 6.45) is 7.54. The van der Waals surface area contributed by atoms with E-state index in [1.165, 1.54) is 26.4 Å². The fourth-order valence-electron chi connectivity index (χ4n) is 2.89. The Hall–Kier alpha value is -1.63. The van der Waals surface area contributed by atoms with Crippen LogP contribution in [0.1, 0.15) is 58.3 Å². The smallest absolute Gasteiger partial charge is 0.243 e. The molecule has 138 valence electrons. The maximum atomic E-state index is 12.5. The van der Waals surface area contributed by atoms with Crippen LogP contribution in [0, 0.1) is 0 Å². The van der Waals surface area contributed by atoms with Gasteiger partial charge in [0, 0.05) is 19.4 Å². The lowest BCUT2D eigenvalue weighted by molar-refractivity contribution is -0.138. The number of hydrogen-bond donors (Lipinski definition) is 2. The van der Waals surface area contributed by atoms with Gasteiger partial charge >= 0.3 is 0 Å². The third-order valence-electron chi connectivity index (χ3n) is 4.16. The largest absolute Gasteiger partial charge is 0.399 e. The molecule has 0 aromatic carbocycles. The monoisotopic (exact) mass is 341 g/mol. The second-order valence-electron chi connectivity index (χ2n) is 6.11. The van der Waals surface area contributed by atoms with E-state index in [4.69, 9.17) is 9.94 Å². The third kappa shape index (κ3) is 6.86. The minimum Gasteiger partial charge on any atom is -0.399 e. The number of carbonyl (C=O) groups is 2. The number of unbranched alkanes of at least 4 members (excludes halogenated alkanes) is 5. The quantitative estimate of drug-likeness (QED) is 0.439. The number of rotatable bonds is 11. The zero-order valence-corrected chi connectivity index (χ0v) is 14.9. The average molecular weight is 341 g/mol. The first kappa shape index (κ1) is 20.4. The van der Waals surface area contributed by atoms with Gasteiger partial charge in [-0.05, 0) is 6.42 Å². The van der Waals surface area contributed by atoms with Crippen molar-refractivity contribution in [2.45, 2.75) is 64.3 Å². The minimum absolute atomic E-state index is 0.0176. The minimum atomic E-state index is -0.557. The van der Waals surface area contributed by atoms with E-state index in [1.54, 1.807) is 4.90 Å². The number of nitrogens with one attached hydrogen (secondary N) is 1. The molecular weight excluding hydrogens is 310 g/mol. The van der Waals surface area contributed by atoms with Crippen molar-refractivity contribution in [2.24, 2.45) is 5.16 Å². The summed E-state index contributed by atoms with van der Waals surface area (Å²) in [6, 6.07) is -0.557. The van der Waals surface area contributed by atoms with Gasteiger partial charge in [-0.25, -0.2) is 0 Å². The Bertz CT molecular complexity index is 426. The molecule has 0 bridgehead atoms. The molecule has 24 heavy (non-hydrogen) atoms. The SMILES string of the molecule is CCCCCCCCC(=O)N1CC(=NOC)C[C@H]1C(=O)NCCO. The van der Waals surface area contributed by atoms with Crippen LogP contribution in [0.25, 0.3) is 0 Å². The standard InChI is InChI=1S/C17H31N3O4/c1-3-4-5-6-7-8-9-16(22)20-13-14(19-24-2)12-15(20)17(23)18-10-11-21/h15,21H,3-13H2,1-2H3,(H,18,23)/t15-/m0/s1. The number of hydrogen-bond acceptors (Lipinski definition) is 5. The molecule has 1 aliphatic rings. The Morgan fingerprint density at radius 1 is 1.29 bits per heavy atom. The number of amides is 2. The van der Waals surface area contributed by atoms with E-state index in [0.29, 0.717) is 25.1 Å². The number of carbonyl (C=O) groups excluding carboxylic acids is 2. The van der Waals surface area contributed by atoms with Crippen molar-refractivity contribution in [3.8, 4) is 0 Å². The molecular formula is C17H31N3O4. The fraction of sp³-hybridized carbons (Fsp3) is 0.824. The van der Waals surface area contributed by atoms with Gasteiger partial charge in [0.05, 0.1) is 18.9 Å². The predicted molar refractivity (Wildman–Crippen MR) is 92.7 cm³/mol. The average Bonchev–Trinajstić information content (AvgIpc) is 3.00. The summed E-state index contributed by atoms with van der Waals surface area (Å²) in [7, 11) is 1.45. The Morgan fingerprint density at radius 3 is 2.67 bits per heavy atom. The summed E-state index contributed by atoms with van der Waals surface area (Å²) >= 11 is 0. The van der Waals surface area contributed by atoms with Crippen molar-refractivity contribution < 1.29 is 19.5 Å². The van der Waals surface area contributed by atoms with Crippen molar-refractivity contribution in [2.75, 3.05) is 26.8 Å². The summed E-state index contributed by atoms with van der Waals surface area (Å²) in [6.45, 7) is 2.58. The zero-order chi connectivity index (χ0) is 17.8. The van der Waals surface area contributed by atoms with Crippen LogP contribution in [-0.2, 0) is 14.4 Å². The van der Waals surface area contributed by atoms with Crippen molar-refractivity contribution >= 4 is 17.5 Å². The highest BCUT2D eigenvalue weighted by molar-refractivity contribution is 6.00. The van der Waals surface area contributed by atoms with Crippen LogP contribution >= 0.6 is 0 Å². The summed E-state index contributed by atoms with van der Waals surface area (Å²) in [4.78, 5) is 31.0. The van der Waals surface area contributed by atoms with Gasteiger partial charge < -0.3 is 20.2 Å². The van der Waals surface area contributed by atoms with Crippen molar-refractivity contribution in [3.63, 3.8) is 0 Å². The molecule has 1 saturated heterocycles. The van der Waals surface area contributed by atoms with E-state index in [1.807, 2.05) is 0 Å². The predicted octanol–water partition coefficient (Wildman–Crippen LogP) is 1.45. The van der Waals surface area contributed by atoms with E-state index in [2.05, 4.69) is 17.4 Å². The van der Waals surface area contributed by atoms with Gasteiger partial charge in [0.25, 0.3) is 0 Å². The molecule has 0 saturated carbocycles. The molecule has 1 heterocycles. The van der Waals surface area contributed by atoms with E-state index in [0.717, 1.165) is 19.3 Å². The van der Waals surface area contributed by atoms with Crippen LogP contribution in [0.4, 0.5) is 0 Å². The molecule has 1 atom stereocenters. The maximum absolute atomic E-state index is 12.5. The molecule has 0 aliphatic carbocycles. The van der Waals surface area contributed by atoms with Crippen LogP contribution in [0.15, 0.2) is 5.16 Å². The second-order valence-corrected chi connectivity index (χ2v) is 6.11. The second kappa shape index (κ2) is 11.8. The Morgan fingerprint density at radius 2 is 2.00 bits per heavy atom. The summed E-state index contributed by atoms with van der Waals surface area (Å²) < 4.78 is 0. The van der Waals surface area contributed by atoms with Gasteiger partial charge in [0.1, 0.15) is 13.2 Å². The molecule has 0 aromatic heterocycles.